The number of fused-ring (bicyclic) bond motifs is 1. The minimum atomic E-state index is -0.400. The summed E-state index contributed by atoms with van der Waals surface area (Å²) in [4.78, 5) is 25.4. The summed E-state index contributed by atoms with van der Waals surface area (Å²) in [6.45, 7) is 2.03. The second-order valence-electron chi connectivity index (χ2n) is 4.97. The summed E-state index contributed by atoms with van der Waals surface area (Å²) in [5.41, 5.74) is 0.459. The van der Waals surface area contributed by atoms with Crippen molar-refractivity contribution >= 4 is 45.7 Å². The minimum Gasteiger partial charge on any atom is -0.319 e. The SMILES string of the molecule is CCSc1ccc(Cl)cc1NC(=O)c1n[nH]c(=O)c2ccccc12. The van der Waals surface area contributed by atoms with E-state index in [2.05, 4.69) is 15.5 Å². The standard InChI is InChI=1S/C17H14ClN3O2S/c1-2-24-14-8-7-10(18)9-13(14)19-17(23)15-11-5-3-4-6-12(11)16(22)21-20-15/h3-9H,2H2,1H3,(H,19,23)(H,21,22). The Bertz CT molecular complexity index is 971. The van der Waals surface area contributed by atoms with E-state index in [4.69, 9.17) is 11.6 Å². The van der Waals surface area contributed by atoms with E-state index in [-0.39, 0.29) is 11.3 Å². The van der Waals surface area contributed by atoms with E-state index in [0.717, 1.165) is 10.6 Å². The Morgan fingerprint density at radius 2 is 2.00 bits per heavy atom. The molecular weight excluding hydrogens is 346 g/mol. The summed E-state index contributed by atoms with van der Waals surface area (Å²) in [7, 11) is 0. The van der Waals surface area contributed by atoms with Gasteiger partial charge in [0, 0.05) is 15.3 Å². The van der Waals surface area contributed by atoms with Gasteiger partial charge in [-0.25, -0.2) is 5.10 Å². The number of aromatic amines is 1. The number of nitrogens with zero attached hydrogens (tertiary/aromatic N) is 1. The van der Waals surface area contributed by atoms with Crippen LogP contribution in [0.5, 0.6) is 0 Å². The van der Waals surface area contributed by atoms with Gasteiger partial charge < -0.3 is 5.32 Å². The van der Waals surface area contributed by atoms with Crippen molar-refractivity contribution in [2.75, 3.05) is 11.1 Å². The van der Waals surface area contributed by atoms with Crippen LogP contribution in [0.25, 0.3) is 10.8 Å². The van der Waals surface area contributed by atoms with E-state index in [1.54, 1.807) is 48.2 Å². The molecular formula is C17H14ClN3O2S. The summed E-state index contributed by atoms with van der Waals surface area (Å²) in [5.74, 6) is 0.465. The van der Waals surface area contributed by atoms with E-state index in [1.807, 2.05) is 13.0 Å². The van der Waals surface area contributed by atoms with Gasteiger partial charge in [0.2, 0.25) is 0 Å². The minimum absolute atomic E-state index is 0.164. The van der Waals surface area contributed by atoms with Gasteiger partial charge in [-0.1, -0.05) is 36.7 Å². The van der Waals surface area contributed by atoms with Crippen LogP contribution < -0.4 is 10.9 Å². The number of amides is 1. The van der Waals surface area contributed by atoms with Crippen LogP contribution in [0, 0.1) is 0 Å². The monoisotopic (exact) mass is 359 g/mol. The fourth-order valence-electron chi connectivity index (χ4n) is 2.35. The molecule has 7 heteroatoms. The molecule has 0 aliphatic heterocycles. The van der Waals surface area contributed by atoms with Gasteiger partial charge in [0.05, 0.1) is 11.1 Å². The van der Waals surface area contributed by atoms with Gasteiger partial charge in [-0.05, 0) is 30.0 Å². The van der Waals surface area contributed by atoms with Crippen LogP contribution in [-0.2, 0) is 0 Å². The Labute approximate surface area is 147 Å². The lowest BCUT2D eigenvalue weighted by Crippen LogP contribution is -2.19. The number of nitrogens with one attached hydrogen (secondary N) is 2. The maximum atomic E-state index is 12.7. The highest BCUT2D eigenvalue weighted by Gasteiger charge is 2.16. The molecule has 0 saturated carbocycles. The number of carbonyl (C=O) groups is 1. The van der Waals surface area contributed by atoms with Crippen molar-refractivity contribution in [2.45, 2.75) is 11.8 Å². The molecule has 3 aromatic rings. The number of carbonyl (C=O) groups excluding carboxylic acids is 1. The van der Waals surface area contributed by atoms with Crippen LogP contribution in [0.1, 0.15) is 17.4 Å². The van der Waals surface area contributed by atoms with Gasteiger partial charge in [0.25, 0.3) is 11.5 Å². The Hall–Kier alpha value is -2.31. The number of anilines is 1. The lowest BCUT2D eigenvalue weighted by atomic mass is 10.1. The first kappa shape index (κ1) is 16.5. The summed E-state index contributed by atoms with van der Waals surface area (Å²) in [6, 6.07) is 12.2. The number of hydrogen-bond acceptors (Lipinski definition) is 4. The molecule has 0 fully saturated rings. The summed E-state index contributed by atoms with van der Waals surface area (Å²) in [5, 5.41) is 10.6. The second-order valence-corrected chi connectivity index (χ2v) is 6.72. The van der Waals surface area contributed by atoms with Crippen LogP contribution in [0.2, 0.25) is 5.02 Å². The number of halogens is 1. The molecule has 0 unspecified atom stereocenters. The highest BCUT2D eigenvalue weighted by atomic mass is 35.5. The maximum absolute atomic E-state index is 12.7. The predicted molar refractivity (Wildman–Crippen MR) is 98.2 cm³/mol. The van der Waals surface area contributed by atoms with Crippen molar-refractivity contribution in [1.82, 2.24) is 10.2 Å². The Balaban J connectivity index is 2.01. The molecule has 0 atom stereocenters. The maximum Gasteiger partial charge on any atom is 0.276 e. The Morgan fingerprint density at radius 1 is 1.25 bits per heavy atom. The molecule has 1 aromatic heterocycles. The molecule has 122 valence electrons. The van der Waals surface area contributed by atoms with Crippen LogP contribution in [0.15, 0.2) is 52.2 Å². The number of hydrogen-bond donors (Lipinski definition) is 2. The first-order chi connectivity index (χ1) is 11.6. The van der Waals surface area contributed by atoms with Crippen molar-refractivity contribution in [1.29, 1.82) is 0 Å². The van der Waals surface area contributed by atoms with Crippen LogP contribution in [0.4, 0.5) is 5.69 Å². The number of aromatic nitrogens is 2. The zero-order valence-corrected chi connectivity index (χ0v) is 14.4. The van der Waals surface area contributed by atoms with Gasteiger partial charge in [0.15, 0.2) is 5.69 Å². The van der Waals surface area contributed by atoms with Crippen LogP contribution >= 0.6 is 23.4 Å². The molecule has 0 aliphatic carbocycles. The number of benzene rings is 2. The summed E-state index contributed by atoms with van der Waals surface area (Å²) in [6.07, 6.45) is 0. The van der Waals surface area contributed by atoms with Crippen molar-refractivity contribution in [3.05, 3.63) is 63.5 Å². The molecule has 0 saturated heterocycles. The molecule has 1 heterocycles. The zero-order valence-electron chi connectivity index (χ0n) is 12.8. The van der Waals surface area contributed by atoms with Gasteiger partial charge in [-0.15, -0.1) is 11.8 Å². The molecule has 5 nitrogen and oxygen atoms in total. The quantitative estimate of drug-likeness (QED) is 0.692. The summed E-state index contributed by atoms with van der Waals surface area (Å²) < 4.78 is 0. The van der Waals surface area contributed by atoms with Crippen LogP contribution in [0.3, 0.4) is 0 Å². The number of H-pyrrole nitrogens is 1. The van der Waals surface area contributed by atoms with Crippen molar-refractivity contribution in [3.8, 4) is 0 Å². The molecule has 2 N–H and O–H groups in total. The lowest BCUT2D eigenvalue weighted by Gasteiger charge is -2.11. The van der Waals surface area contributed by atoms with Gasteiger partial charge in [-0.3, -0.25) is 9.59 Å². The molecule has 0 spiro atoms. The van der Waals surface area contributed by atoms with Gasteiger partial charge in [0.1, 0.15) is 0 Å². The smallest absolute Gasteiger partial charge is 0.276 e. The van der Waals surface area contributed by atoms with E-state index in [9.17, 15) is 9.59 Å². The van der Waals surface area contributed by atoms with E-state index in [0.29, 0.717) is 21.5 Å². The molecule has 0 radical (unpaired) electrons. The molecule has 2 aromatic carbocycles. The van der Waals surface area contributed by atoms with Gasteiger partial charge in [-0.2, -0.15) is 5.10 Å². The van der Waals surface area contributed by atoms with Crippen LogP contribution in [-0.4, -0.2) is 21.9 Å². The largest absolute Gasteiger partial charge is 0.319 e. The average molecular weight is 360 g/mol. The topological polar surface area (TPSA) is 74.8 Å². The summed E-state index contributed by atoms with van der Waals surface area (Å²) >= 11 is 7.64. The molecule has 3 rings (SSSR count). The highest BCUT2D eigenvalue weighted by Crippen LogP contribution is 2.30. The third-order valence-electron chi connectivity index (χ3n) is 3.40. The third kappa shape index (κ3) is 3.29. The third-order valence-corrected chi connectivity index (χ3v) is 4.59. The van der Waals surface area contributed by atoms with Crippen molar-refractivity contribution in [3.63, 3.8) is 0 Å². The molecule has 24 heavy (non-hydrogen) atoms. The first-order valence-electron chi connectivity index (χ1n) is 7.31. The van der Waals surface area contributed by atoms with Gasteiger partial charge >= 0.3 is 0 Å². The highest BCUT2D eigenvalue weighted by molar-refractivity contribution is 7.99. The number of rotatable bonds is 4. The van der Waals surface area contributed by atoms with Crippen molar-refractivity contribution in [2.24, 2.45) is 0 Å². The Kier molecular flexibility index (Phi) is 4.87. The molecule has 1 amide bonds. The second kappa shape index (κ2) is 7.07. The predicted octanol–water partition coefficient (Wildman–Crippen LogP) is 3.94. The van der Waals surface area contributed by atoms with E-state index in [1.165, 1.54) is 0 Å². The fraction of sp³-hybridized carbons (Fsp3) is 0.118. The normalized spacial score (nSPS) is 10.8. The zero-order chi connectivity index (χ0) is 17.1. The number of thioether (sulfide) groups is 1. The Morgan fingerprint density at radius 3 is 2.75 bits per heavy atom. The fourth-order valence-corrected chi connectivity index (χ4v) is 3.26. The molecule has 0 aliphatic rings. The average Bonchev–Trinajstić information content (AvgIpc) is 2.58. The van der Waals surface area contributed by atoms with E-state index < -0.39 is 5.91 Å². The lowest BCUT2D eigenvalue weighted by molar-refractivity contribution is 0.102. The van der Waals surface area contributed by atoms with Crippen molar-refractivity contribution < 1.29 is 4.79 Å². The first-order valence-corrected chi connectivity index (χ1v) is 8.67. The van der Waals surface area contributed by atoms with E-state index >= 15 is 0 Å². The molecule has 0 bridgehead atoms.